The van der Waals surface area contributed by atoms with Crippen LogP contribution in [0.15, 0.2) is 42.6 Å². The average molecular weight is 389 g/mol. The zero-order chi connectivity index (χ0) is 20.5. The molecule has 0 aliphatic carbocycles. The van der Waals surface area contributed by atoms with Gasteiger partial charge in [-0.3, -0.25) is 9.20 Å². The van der Waals surface area contributed by atoms with Crippen LogP contribution in [0.2, 0.25) is 0 Å². The molecule has 0 aliphatic heterocycles. The highest BCUT2D eigenvalue weighted by Gasteiger charge is 2.32. The number of aromatic nitrogens is 2. The Morgan fingerprint density at radius 3 is 2.54 bits per heavy atom. The van der Waals surface area contributed by atoms with Gasteiger partial charge in [-0.15, -0.1) is 0 Å². The number of carbonyl (C=O) groups excluding carboxylic acids is 1. The number of hydrogen-bond donors (Lipinski definition) is 0. The standard InChI is InChI=1S/C21H22F3N3O/c1-4-7-17-19(20(28)26(5-2)16-9-6-8-14(3)12-16)27-13-15(21(22,23)24)10-11-18(27)25-17/h6,8-13H,4-5,7H2,1-3H3. The summed E-state index contributed by atoms with van der Waals surface area (Å²) in [5.74, 6) is -0.358. The van der Waals surface area contributed by atoms with Crippen LogP contribution in [0.1, 0.15) is 47.6 Å². The van der Waals surface area contributed by atoms with Crippen LogP contribution in [0.25, 0.3) is 5.65 Å². The second-order valence-corrected chi connectivity index (χ2v) is 6.69. The Morgan fingerprint density at radius 2 is 1.93 bits per heavy atom. The van der Waals surface area contributed by atoms with Gasteiger partial charge in [-0.25, -0.2) is 4.98 Å². The molecule has 0 saturated carbocycles. The second-order valence-electron chi connectivity index (χ2n) is 6.69. The Hall–Kier alpha value is -2.83. The second kappa shape index (κ2) is 7.66. The average Bonchev–Trinajstić information content (AvgIpc) is 2.99. The lowest BCUT2D eigenvalue weighted by Gasteiger charge is -2.22. The molecule has 0 N–H and O–H groups in total. The maximum absolute atomic E-state index is 13.4. The molecule has 0 radical (unpaired) electrons. The Labute approximate surface area is 161 Å². The molecule has 3 aromatic rings. The van der Waals surface area contributed by atoms with Crippen molar-refractivity contribution in [3.63, 3.8) is 0 Å². The van der Waals surface area contributed by atoms with E-state index in [1.807, 2.05) is 45.0 Å². The molecular weight excluding hydrogens is 367 g/mol. The highest BCUT2D eigenvalue weighted by atomic mass is 19.4. The summed E-state index contributed by atoms with van der Waals surface area (Å²) in [5.41, 5.74) is 1.92. The summed E-state index contributed by atoms with van der Waals surface area (Å²) in [7, 11) is 0. The van der Waals surface area contributed by atoms with Gasteiger partial charge in [-0.2, -0.15) is 13.2 Å². The summed E-state index contributed by atoms with van der Waals surface area (Å²) in [6.07, 6.45) is -2.30. The molecular formula is C21H22F3N3O. The number of imidazole rings is 1. The molecule has 0 bridgehead atoms. The maximum Gasteiger partial charge on any atom is 0.417 e. The Balaban J connectivity index is 2.18. The highest BCUT2D eigenvalue weighted by Crippen LogP contribution is 2.30. The Kier molecular flexibility index (Phi) is 5.45. The summed E-state index contributed by atoms with van der Waals surface area (Å²) in [6.45, 7) is 6.09. The van der Waals surface area contributed by atoms with E-state index < -0.39 is 11.7 Å². The fourth-order valence-electron chi connectivity index (χ4n) is 3.27. The lowest BCUT2D eigenvalue weighted by Crippen LogP contribution is -2.32. The predicted octanol–water partition coefficient (Wildman–Crippen LogP) is 5.28. The van der Waals surface area contributed by atoms with Gasteiger partial charge >= 0.3 is 6.18 Å². The van der Waals surface area contributed by atoms with Crippen molar-refractivity contribution < 1.29 is 18.0 Å². The number of halogens is 3. The van der Waals surface area contributed by atoms with Crippen molar-refractivity contribution in [3.8, 4) is 0 Å². The normalized spacial score (nSPS) is 11.8. The number of aryl methyl sites for hydroxylation is 2. The van der Waals surface area contributed by atoms with Crippen LogP contribution >= 0.6 is 0 Å². The topological polar surface area (TPSA) is 37.6 Å². The van der Waals surface area contributed by atoms with Gasteiger partial charge in [0.2, 0.25) is 0 Å². The number of anilines is 1. The first-order valence-electron chi connectivity index (χ1n) is 9.23. The molecule has 0 saturated heterocycles. The number of hydrogen-bond acceptors (Lipinski definition) is 2. The van der Waals surface area contributed by atoms with E-state index in [0.717, 1.165) is 24.2 Å². The number of alkyl halides is 3. The van der Waals surface area contributed by atoms with Crippen molar-refractivity contribution in [1.29, 1.82) is 0 Å². The molecule has 28 heavy (non-hydrogen) atoms. The van der Waals surface area contributed by atoms with Crippen molar-refractivity contribution in [1.82, 2.24) is 9.38 Å². The zero-order valence-electron chi connectivity index (χ0n) is 16.0. The zero-order valence-corrected chi connectivity index (χ0v) is 16.0. The van der Waals surface area contributed by atoms with E-state index in [9.17, 15) is 18.0 Å². The molecule has 0 fully saturated rings. The van der Waals surface area contributed by atoms with Gasteiger partial charge in [0.25, 0.3) is 5.91 Å². The molecule has 0 unspecified atom stereocenters. The monoisotopic (exact) mass is 389 g/mol. The molecule has 7 heteroatoms. The fraction of sp³-hybridized carbons (Fsp3) is 0.333. The number of amides is 1. The van der Waals surface area contributed by atoms with Crippen molar-refractivity contribution >= 4 is 17.2 Å². The summed E-state index contributed by atoms with van der Waals surface area (Å²) in [6, 6.07) is 9.77. The lowest BCUT2D eigenvalue weighted by atomic mass is 10.1. The SMILES string of the molecule is CCCc1nc2ccc(C(F)(F)F)cn2c1C(=O)N(CC)c1cccc(C)c1. The minimum Gasteiger partial charge on any atom is -0.307 e. The van der Waals surface area contributed by atoms with Crippen molar-refractivity contribution in [2.75, 3.05) is 11.4 Å². The van der Waals surface area contributed by atoms with E-state index >= 15 is 0 Å². The molecule has 2 heterocycles. The smallest absolute Gasteiger partial charge is 0.307 e. The van der Waals surface area contributed by atoms with E-state index in [1.165, 1.54) is 10.5 Å². The van der Waals surface area contributed by atoms with Crippen LogP contribution < -0.4 is 4.90 Å². The van der Waals surface area contributed by atoms with Crippen LogP contribution in [0.3, 0.4) is 0 Å². The quantitative estimate of drug-likeness (QED) is 0.595. The van der Waals surface area contributed by atoms with Crippen LogP contribution in [0, 0.1) is 6.92 Å². The number of pyridine rings is 1. The lowest BCUT2D eigenvalue weighted by molar-refractivity contribution is -0.137. The summed E-state index contributed by atoms with van der Waals surface area (Å²) in [5, 5.41) is 0. The van der Waals surface area contributed by atoms with Gasteiger partial charge < -0.3 is 4.90 Å². The van der Waals surface area contributed by atoms with E-state index in [1.54, 1.807) is 4.90 Å². The van der Waals surface area contributed by atoms with Crippen molar-refractivity contribution in [2.45, 2.75) is 39.8 Å². The minimum absolute atomic E-state index is 0.186. The minimum atomic E-state index is -4.50. The first-order chi connectivity index (χ1) is 13.3. The number of carbonyl (C=O) groups is 1. The van der Waals surface area contributed by atoms with Crippen LogP contribution in [0.5, 0.6) is 0 Å². The highest BCUT2D eigenvalue weighted by molar-refractivity contribution is 6.06. The van der Waals surface area contributed by atoms with E-state index in [-0.39, 0.29) is 11.6 Å². The summed E-state index contributed by atoms with van der Waals surface area (Å²) in [4.78, 5) is 19.4. The third-order valence-corrected chi connectivity index (χ3v) is 4.58. The van der Waals surface area contributed by atoms with Crippen LogP contribution in [0.4, 0.5) is 18.9 Å². The molecule has 0 atom stereocenters. The first-order valence-corrected chi connectivity index (χ1v) is 9.23. The van der Waals surface area contributed by atoms with Gasteiger partial charge in [0.15, 0.2) is 0 Å². The third-order valence-electron chi connectivity index (χ3n) is 4.58. The fourth-order valence-corrected chi connectivity index (χ4v) is 3.27. The number of fused-ring (bicyclic) bond motifs is 1. The van der Waals surface area contributed by atoms with Crippen molar-refractivity contribution in [2.24, 2.45) is 0 Å². The van der Waals surface area contributed by atoms with Crippen LogP contribution in [-0.2, 0) is 12.6 Å². The predicted molar refractivity (Wildman–Crippen MR) is 103 cm³/mol. The molecule has 1 amide bonds. The maximum atomic E-state index is 13.4. The van der Waals surface area contributed by atoms with Crippen molar-refractivity contribution in [3.05, 3.63) is 65.1 Å². The van der Waals surface area contributed by atoms with Crippen LogP contribution in [-0.4, -0.2) is 21.8 Å². The van der Waals surface area contributed by atoms with Gasteiger partial charge in [-0.05, 0) is 50.1 Å². The molecule has 0 spiro atoms. The third kappa shape index (κ3) is 3.74. The summed E-state index contributed by atoms with van der Waals surface area (Å²) < 4.78 is 40.9. The van der Waals surface area contributed by atoms with E-state index in [2.05, 4.69) is 4.98 Å². The van der Waals surface area contributed by atoms with Gasteiger partial charge in [0, 0.05) is 18.4 Å². The number of nitrogens with zero attached hydrogens (tertiary/aromatic N) is 3. The molecule has 3 rings (SSSR count). The van der Waals surface area contributed by atoms with Gasteiger partial charge in [0.05, 0.1) is 11.3 Å². The Bertz CT molecular complexity index is 1010. The van der Waals surface area contributed by atoms with E-state index in [4.69, 9.17) is 0 Å². The Morgan fingerprint density at radius 1 is 1.18 bits per heavy atom. The molecule has 1 aromatic carbocycles. The first kappa shape index (κ1) is 19.9. The molecule has 0 aliphatic rings. The molecule has 148 valence electrons. The molecule has 4 nitrogen and oxygen atoms in total. The number of rotatable bonds is 5. The van der Waals surface area contributed by atoms with Gasteiger partial charge in [0.1, 0.15) is 11.3 Å². The molecule has 2 aromatic heterocycles. The number of benzene rings is 1. The van der Waals surface area contributed by atoms with Gasteiger partial charge in [-0.1, -0.05) is 25.5 Å². The summed E-state index contributed by atoms with van der Waals surface area (Å²) >= 11 is 0. The largest absolute Gasteiger partial charge is 0.417 e. The van der Waals surface area contributed by atoms with E-state index in [0.29, 0.717) is 30.0 Å².